The van der Waals surface area contributed by atoms with E-state index in [1.165, 1.54) is 27.8 Å². The fraction of sp³-hybridized carbons (Fsp3) is 0.407. The summed E-state index contributed by atoms with van der Waals surface area (Å²) in [6.07, 6.45) is 5.13. The lowest BCUT2D eigenvalue weighted by Crippen LogP contribution is -2.42. The van der Waals surface area contributed by atoms with Crippen LogP contribution in [-0.2, 0) is 6.54 Å². The summed E-state index contributed by atoms with van der Waals surface area (Å²) in [5.41, 5.74) is 2.75. The molecule has 2 aromatic carbocycles. The second-order valence-corrected chi connectivity index (χ2v) is 8.85. The van der Waals surface area contributed by atoms with E-state index in [-0.39, 0.29) is 24.1 Å². The molecule has 3 aromatic rings. The van der Waals surface area contributed by atoms with Crippen LogP contribution in [0.3, 0.4) is 0 Å². The summed E-state index contributed by atoms with van der Waals surface area (Å²) >= 11 is 0. The molecule has 4 rings (SSSR count). The van der Waals surface area contributed by atoms with Crippen LogP contribution in [0.1, 0.15) is 53.6 Å². The zero-order chi connectivity index (χ0) is 24.2. The number of nitrogens with one attached hydrogen (secondary N) is 1. The number of aryl methyl sites for hydroxylation is 1. The van der Waals surface area contributed by atoms with Gasteiger partial charge >= 0.3 is 0 Å². The van der Waals surface area contributed by atoms with Crippen molar-refractivity contribution in [3.8, 4) is 17.2 Å². The molecule has 34 heavy (non-hydrogen) atoms. The van der Waals surface area contributed by atoms with Gasteiger partial charge in [-0.15, -0.1) is 0 Å². The fourth-order valence-corrected chi connectivity index (χ4v) is 4.80. The number of amides is 1. The predicted octanol–water partition coefficient (Wildman–Crippen LogP) is 4.84. The van der Waals surface area contributed by atoms with Crippen LogP contribution >= 0.6 is 0 Å². The van der Waals surface area contributed by atoms with Crippen molar-refractivity contribution in [2.45, 2.75) is 51.6 Å². The number of fused-ring (bicyclic) bond motifs is 1. The van der Waals surface area contributed by atoms with Crippen molar-refractivity contribution in [2.24, 2.45) is 0 Å². The summed E-state index contributed by atoms with van der Waals surface area (Å²) < 4.78 is 16.3. The number of aromatic nitrogens is 1. The van der Waals surface area contributed by atoms with E-state index >= 15 is 0 Å². The Morgan fingerprint density at radius 2 is 1.65 bits per heavy atom. The van der Waals surface area contributed by atoms with E-state index in [9.17, 15) is 9.59 Å². The maximum absolute atomic E-state index is 13.9. The molecule has 180 valence electrons. The fourth-order valence-electron chi connectivity index (χ4n) is 4.80. The molecule has 1 aliphatic rings. The van der Waals surface area contributed by atoms with Gasteiger partial charge in [0.15, 0.2) is 11.5 Å². The minimum Gasteiger partial charge on any atom is -0.493 e. The van der Waals surface area contributed by atoms with Crippen LogP contribution in [0.2, 0.25) is 0 Å². The largest absolute Gasteiger partial charge is 0.493 e. The van der Waals surface area contributed by atoms with E-state index in [2.05, 4.69) is 4.98 Å². The Hall–Kier alpha value is -3.48. The van der Waals surface area contributed by atoms with Crippen molar-refractivity contribution in [2.75, 3.05) is 21.3 Å². The molecule has 0 aliphatic heterocycles. The highest BCUT2D eigenvalue weighted by Gasteiger charge is 2.29. The number of aromatic amines is 1. The normalized spacial score (nSPS) is 14.1. The molecule has 1 N–H and O–H groups in total. The predicted molar refractivity (Wildman–Crippen MR) is 132 cm³/mol. The number of rotatable bonds is 7. The third-order valence-corrected chi connectivity index (χ3v) is 6.61. The van der Waals surface area contributed by atoms with Crippen molar-refractivity contribution in [1.29, 1.82) is 0 Å². The first kappa shape index (κ1) is 23.7. The standard InChI is InChI=1S/C27H32N2O5/c1-17-10-11-22-18(12-17)13-20(26(30)28-22)16-29(21-8-6-5-7-9-21)27(31)19-14-23(32-2)25(34-4)24(15-19)33-3/h10-15,21H,5-9,16H2,1-4H3,(H,28,30). The zero-order valence-corrected chi connectivity index (χ0v) is 20.3. The Morgan fingerprint density at radius 3 is 2.26 bits per heavy atom. The molecule has 1 saturated carbocycles. The van der Waals surface area contributed by atoms with Crippen molar-refractivity contribution in [3.05, 3.63) is 63.4 Å². The summed E-state index contributed by atoms with van der Waals surface area (Å²) in [6, 6.07) is 11.2. The molecule has 1 aliphatic carbocycles. The zero-order valence-electron chi connectivity index (χ0n) is 20.3. The topological polar surface area (TPSA) is 80.9 Å². The van der Waals surface area contributed by atoms with Crippen molar-refractivity contribution in [1.82, 2.24) is 9.88 Å². The minimum atomic E-state index is -0.171. The molecule has 1 fully saturated rings. The average Bonchev–Trinajstić information content (AvgIpc) is 2.86. The van der Waals surface area contributed by atoms with Gasteiger partial charge in [-0.25, -0.2) is 0 Å². The SMILES string of the molecule is COc1cc(C(=O)N(Cc2cc3cc(C)ccc3[nH]c2=O)C2CCCCC2)cc(OC)c1OC. The second kappa shape index (κ2) is 10.2. The third-order valence-electron chi connectivity index (χ3n) is 6.61. The number of carbonyl (C=O) groups excluding carboxylic acids is 1. The molecule has 0 radical (unpaired) electrons. The third kappa shape index (κ3) is 4.74. The van der Waals surface area contributed by atoms with Gasteiger partial charge in [-0.3, -0.25) is 9.59 Å². The number of hydrogen-bond donors (Lipinski definition) is 1. The Balaban J connectivity index is 1.75. The molecule has 7 heteroatoms. The van der Waals surface area contributed by atoms with Crippen molar-refractivity contribution < 1.29 is 19.0 Å². The van der Waals surface area contributed by atoms with E-state index < -0.39 is 0 Å². The molecular weight excluding hydrogens is 432 g/mol. The van der Waals surface area contributed by atoms with Gasteiger partial charge in [0.1, 0.15) is 0 Å². The van der Waals surface area contributed by atoms with E-state index in [1.54, 1.807) is 12.1 Å². The van der Waals surface area contributed by atoms with Crippen LogP contribution < -0.4 is 19.8 Å². The first-order valence-electron chi connectivity index (χ1n) is 11.7. The molecule has 7 nitrogen and oxygen atoms in total. The van der Waals surface area contributed by atoms with Crippen molar-refractivity contribution in [3.63, 3.8) is 0 Å². The number of pyridine rings is 1. The first-order valence-corrected chi connectivity index (χ1v) is 11.7. The molecule has 0 atom stereocenters. The second-order valence-electron chi connectivity index (χ2n) is 8.85. The monoisotopic (exact) mass is 464 g/mol. The van der Waals surface area contributed by atoms with Gasteiger partial charge in [0.25, 0.3) is 11.5 Å². The summed E-state index contributed by atoms with van der Waals surface area (Å²) in [6.45, 7) is 2.26. The Labute approximate surface area is 199 Å². The van der Waals surface area contributed by atoms with Crippen LogP contribution in [0.25, 0.3) is 10.9 Å². The highest BCUT2D eigenvalue weighted by molar-refractivity contribution is 5.96. The first-order chi connectivity index (χ1) is 16.4. The van der Waals surface area contributed by atoms with E-state index in [0.29, 0.717) is 28.4 Å². The van der Waals surface area contributed by atoms with Gasteiger partial charge in [-0.05, 0) is 55.5 Å². The van der Waals surface area contributed by atoms with E-state index in [4.69, 9.17) is 14.2 Å². The number of ether oxygens (including phenoxy) is 3. The van der Waals surface area contributed by atoms with Crippen LogP contribution in [0.5, 0.6) is 17.2 Å². The molecule has 1 heterocycles. The minimum absolute atomic E-state index is 0.0629. The van der Waals surface area contributed by atoms with Crippen LogP contribution in [0.4, 0.5) is 0 Å². The van der Waals surface area contributed by atoms with E-state index in [1.807, 2.05) is 36.1 Å². The quantitative estimate of drug-likeness (QED) is 0.541. The lowest BCUT2D eigenvalue weighted by atomic mass is 9.93. The Bertz CT molecular complexity index is 1220. The molecular formula is C27H32N2O5. The van der Waals surface area contributed by atoms with Gasteiger partial charge in [-0.1, -0.05) is 30.9 Å². The summed E-state index contributed by atoms with van der Waals surface area (Å²) in [5, 5.41) is 0.957. The number of hydrogen-bond acceptors (Lipinski definition) is 5. The average molecular weight is 465 g/mol. The number of H-pyrrole nitrogens is 1. The number of benzene rings is 2. The van der Waals surface area contributed by atoms with Crippen LogP contribution in [0.15, 0.2) is 41.2 Å². The van der Waals surface area contributed by atoms with E-state index in [0.717, 1.165) is 42.1 Å². The number of methoxy groups -OCH3 is 3. The molecule has 0 spiro atoms. The Kier molecular flexibility index (Phi) is 7.10. The summed E-state index contributed by atoms with van der Waals surface area (Å²) in [5.74, 6) is 1.13. The number of carbonyl (C=O) groups is 1. The number of nitrogens with zero attached hydrogens (tertiary/aromatic N) is 1. The van der Waals surface area contributed by atoms with Crippen LogP contribution in [-0.4, -0.2) is 43.2 Å². The van der Waals surface area contributed by atoms with Gasteiger partial charge in [0.05, 0.1) is 27.9 Å². The summed E-state index contributed by atoms with van der Waals surface area (Å²) in [7, 11) is 4.59. The van der Waals surface area contributed by atoms with Crippen LogP contribution in [0, 0.1) is 6.92 Å². The highest BCUT2D eigenvalue weighted by atomic mass is 16.5. The molecule has 1 amide bonds. The smallest absolute Gasteiger partial charge is 0.254 e. The maximum Gasteiger partial charge on any atom is 0.254 e. The van der Waals surface area contributed by atoms with Gasteiger partial charge < -0.3 is 24.1 Å². The summed E-state index contributed by atoms with van der Waals surface area (Å²) in [4.78, 5) is 31.6. The Morgan fingerprint density at radius 1 is 0.971 bits per heavy atom. The van der Waals surface area contributed by atoms with Gasteiger partial charge in [0.2, 0.25) is 5.75 Å². The lowest BCUT2D eigenvalue weighted by Gasteiger charge is -2.34. The van der Waals surface area contributed by atoms with Gasteiger partial charge in [0, 0.05) is 22.7 Å². The van der Waals surface area contributed by atoms with Crippen molar-refractivity contribution >= 4 is 16.8 Å². The lowest BCUT2D eigenvalue weighted by molar-refractivity contribution is 0.0612. The molecule has 0 saturated heterocycles. The highest BCUT2D eigenvalue weighted by Crippen LogP contribution is 2.39. The maximum atomic E-state index is 13.9. The molecule has 1 aromatic heterocycles. The molecule has 0 unspecified atom stereocenters. The van der Waals surface area contributed by atoms with Gasteiger partial charge in [-0.2, -0.15) is 0 Å². The molecule has 0 bridgehead atoms.